The number of nitrogens with zero attached hydrogens (tertiary/aromatic N) is 1. The fraction of sp³-hybridized carbons (Fsp3) is 0.310. The summed E-state index contributed by atoms with van der Waals surface area (Å²) >= 11 is 12.6. The van der Waals surface area contributed by atoms with Crippen molar-refractivity contribution in [3.63, 3.8) is 0 Å². The van der Waals surface area contributed by atoms with E-state index >= 15 is 0 Å². The molecule has 0 saturated heterocycles. The molecule has 0 aliphatic rings. The molecule has 0 bridgehead atoms. The lowest BCUT2D eigenvalue weighted by Crippen LogP contribution is -2.52. The summed E-state index contributed by atoms with van der Waals surface area (Å²) in [5.74, 6) is -0.308. The van der Waals surface area contributed by atoms with Crippen LogP contribution in [0.15, 0.2) is 72.8 Å². The second kappa shape index (κ2) is 12.8. The Morgan fingerprint density at radius 2 is 1.63 bits per heavy atom. The number of carbonyl (C=O) groups excluding carboxylic acids is 2. The summed E-state index contributed by atoms with van der Waals surface area (Å²) < 4.78 is 0. The van der Waals surface area contributed by atoms with E-state index in [0.29, 0.717) is 16.5 Å². The van der Waals surface area contributed by atoms with E-state index in [0.717, 1.165) is 28.7 Å². The predicted molar refractivity (Wildman–Crippen MR) is 144 cm³/mol. The maximum Gasteiger partial charge on any atom is 0.243 e. The molecule has 0 aliphatic carbocycles. The van der Waals surface area contributed by atoms with Crippen molar-refractivity contribution in [2.24, 2.45) is 0 Å². The van der Waals surface area contributed by atoms with Crippen molar-refractivity contribution >= 4 is 35.0 Å². The van der Waals surface area contributed by atoms with Crippen LogP contribution in [0, 0.1) is 6.92 Å². The summed E-state index contributed by atoms with van der Waals surface area (Å²) in [6.45, 7) is 6.17. The number of nitrogens with one attached hydrogen (secondary N) is 1. The van der Waals surface area contributed by atoms with Crippen molar-refractivity contribution in [3.05, 3.63) is 105 Å². The van der Waals surface area contributed by atoms with Crippen molar-refractivity contribution in [3.8, 4) is 0 Å². The van der Waals surface area contributed by atoms with Crippen LogP contribution in [0.5, 0.6) is 0 Å². The van der Waals surface area contributed by atoms with Gasteiger partial charge in [0, 0.05) is 29.1 Å². The van der Waals surface area contributed by atoms with Crippen LogP contribution in [0.25, 0.3) is 0 Å². The van der Waals surface area contributed by atoms with Gasteiger partial charge in [0.15, 0.2) is 0 Å². The highest BCUT2D eigenvalue weighted by Gasteiger charge is 2.31. The van der Waals surface area contributed by atoms with Gasteiger partial charge in [0.2, 0.25) is 11.8 Å². The molecular formula is C29H32Cl2N2O2. The minimum atomic E-state index is -0.699. The van der Waals surface area contributed by atoms with Gasteiger partial charge in [-0.2, -0.15) is 0 Å². The predicted octanol–water partition coefficient (Wildman–Crippen LogP) is 6.40. The number of halogens is 2. The maximum absolute atomic E-state index is 13.8. The third kappa shape index (κ3) is 7.58. The highest BCUT2D eigenvalue weighted by Crippen LogP contribution is 2.25. The van der Waals surface area contributed by atoms with E-state index in [4.69, 9.17) is 23.2 Å². The maximum atomic E-state index is 13.8. The first-order valence-corrected chi connectivity index (χ1v) is 12.7. The van der Waals surface area contributed by atoms with Crippen molar-refractivity contribution in [1.29, 1.82) is 0 Å². The van der Waals surface area contributed by atoms with E-state index in [-0.39, 0.29) is 30.8 Å². The normalized spacial score (nSPS) is 12.6. The zero-order valence-electron chi connectivity index (χ0n) is 20.4. The third-order valence-electron chi connectivity index (χ3n) is 6.23. The molecule has 2 amide bonds. The second-order valence-electron chi connectivity index (χ2n) is 8.88. The quantitative estimate of drug-likeness (QED) is 0.343. The van der Waals surface area contributed by atoms with Crippen LogP contribution >= 0.6 is 23.2 Å². The Kier molecular flexibility index (Phi) is 9.76. The average molecular weight is 511 g/mol. The van der Waals surface area contributed by atoms with Gasteiger partial charge >= 0.3 is 0 Å². The van der Waals surface area contributed by atoms with Crippen LogP contribution < -0.4 is 5.32 Å². The molecule has 3 aromatic carbocycles. The van der Waals surface area contributed by atoms with Gasteiger partial charge in [-0.25, -0.2) is 0 Å². The van der Waals surface area contributed by atoms with Crippen LogP contribution in [-0.4, -0.2) is 28.8 Å². The molecule has 3 aromatic rings. The third-order valence-corrected chi connectivity index (χ3v) is 6.82. The summed E-state index contributed by atoms with van der Waals surface area (Å²) in [4.78, 5) is 29.0. The SMILES string of the molecule is CC[C@H](C)NC(=O)[C@H](Cc1ccccc1)N(Cc1ccc(Cl)cc1Cl)C(=O)Cc1ccccc1C. The Bertz CT molecular complexity index is 1150. The van der Waals surface area contributed by atoms with Crippen LogP contribution in [-0.2, 0) is 29.0 Å². The van der Waals surface area contributed by atoms with Gasteiger partial charge in [0.1, 0.15) is 6.04 Å². The monoisotopic (exact) mass is 510 g/mol. The molecule has 0 fully saturated rings. The van der Waals surface area contributed by atoms with Crippen molar-refractivity contribution in [2.75, 3.05) is 0 Å². The second-order valence-corrected chi connectivity index (χ2v) is 9.73. The lowest BCUT2D eigenvalue weighted by Gasteiger charge is -2.33. The molecule has 1 N–H and O–H groups in total. The molecule has 0 heterocycles. The molecule has 0 saturated carbocycles. The van der Waals surface area contributed by atoms with Gasteiger partial charge in [-0.15, -0.1) is 0 Å². The Morgan fingerprint density at radius 3 is 2.29 bits per heavy atom. The van der Waals surface area contributed by atoms with E-state index < -0.39 is 6.04 Å². The van der Waals surface area contributed by atoms with E-state index in [2.05, 4.69) is 5.32 Å². The van der Waals surface area contributed by atoms with Crippen molar-refractivity contribution in [1.82, 2.24) is 10.2 Å². The summed E-state index contributed by atoms with van der Waals surface area (Å²) in [5.41, 5.74) is 3.69. The first-order chi connectivity index (χ1) is 16.8. The van der Waals surface area contributed by atoms with Crippen molar-refractivity contribution in [2.45, 2.75) is 58.7 Å². The number of carbonyl (C=O) groups is 2. The fourth-order valence-electron chi connectivity index (χ4n) is 3.90. The zero-order valence-corrected chi connectivity index (χ0v) is 21.9. The van der Waals surface area contributed by atoms with E-state index in [1.807, 2.05) is 81.4 Å². The van der Waals surface area contributed by atoms with Gasteiger partial charge in [-0.1, -0.05) is 90.8 Å². The minimum Gasteiger partial charge on any atom is -0.352 e. The molecular weight excluding hydrogens is 479 g/mol. The number of rotatable bonds is 10. The number of amides is 2. The van der Waals surface area contributed by atoms with Gasteiger partial charge < -0.3 is 10.2 Å². The Hall–Kier alpha value is -2.82. The molecule has 2 atom stereocenters. The highest BCUT2D eigenvalue weighted by atomic mass is 35.5. The molecule has 0 aliphatic heterocycles. The number of aryl methyl sites for hydroxylation is 1. The average Bonchev–Trinajstić information content (AvgIpc) is 2.84. The van der Waals surface area contributed by atoms with E-state index in [9.17, 15) is 9.59 Å². The highest BCUT2D eigenvalue weighted by molar-refractivity contribution is 6.35. The van der Waals surface area contributed by atoms with Gasteiger partial charge in [0.25, 0.3) is 0 Å². The lowest BCUT2D eigenvalue weighted by molar-refractivity contribution is -0.141. The molecule has 184 valence electrons. The topological polar surface area (TPSA) is 49.4 Å². The summed E-state index contributed by atoms with van der Waals surface area (Å²) in [6, 6.07) is 22.1. The molecule has 3 rings (SSSR count). The van der Waals surface area contributed by atoms with Crippen molar-refractivity contribution < 1.29 is 9.59 Å². The van der Waals surface area contributed by atoms with Gasteiger partial charge in [-0.3, -0.25) is 9.59 Å². The number of hydrogen-bond acceptors (Lipinski definition) is 2. The Balaban J connectivity index is 2.01. The van der Waals surface area contributed by atoms with Gasteiger partial charge in [0.05, 0.1) is 6.42 Å². The Morgan fingerprint density at radius 1 is 0.943 bits per heavy atom. The smallest absolute Gasteiger partial charge is 0.243 e. The molecule has 0 aromatic heterocycles. The van der Waals surface area contributed by atoms with Crippen LogP contribution in [0.3, 0.4) is 0 Å². The van der Waals surface area contributed by atoms with Crippen LogP contribution in [0.2, 0.25) is 10.0 Å². The molecule has 0 unspecified atom stereocenters. The summed E-state index contributed by atoms with van der Waals surface area (Å²) in [7, 11) is 0. The number of hydrogen-bond donors (Lipinski definition) is 1. The van der Waals surface area contributed by atoms with E-state index in [1.165, 1.54) is 0 Å². The largest absolute Gasteiger partial charge is 0.352 e. The fourth-order valence-corrected chi connectivity index (χ4v) is 4.37. The van der Waals surface area contributed by atoms with Crippen LogP contribution in [0.1, 0.15) is 42.5 Å². The standard InChI is InChI=1S/C29H32Cl2N2O2/c1-4-21(3)32-29(35)27(16-22-11-6-5-7-12-22)33(19-24-14-15-25(30)18-26(24)31)28(34)17-23-13-9-8-10-20(23)2/h5-15,18,21,27H,4,16-17,19H2,1-3H3,(H,32,35)/t21-,27-/m0/s1. The zero-order chi connectivity index (χ0) is 25.4. The molecule has 0 spiro atoms. The molecule has 35 heavy (non-hydrogen) atoms. The molecule has 0 radical (unpaired) electrons. The lowest BCUT2D eigenvalue weighted by atomic mass is 10.00. The van der Waals surface area contributed by atoms with E-state index in [1.54, 1.807) is 17.0 Å². The number of benzene rings is 3. The first kappa shape index (κ1) is 26.8. The summed E-state index contributed by atoms with van der Waals surface area (Å²) in [5, 5.41) is 4.07. The first-order valence-electron chi connectivity index (χ1n) is 11.9. The summed E-state index contributed by atoms with van der Waals surface area (Å²) in [6.07, 6.45) is 1.39. The molecule has 6 heteroatoms. The minimum absolute atomic E-state index is 0.00628. The Labute approximate surface area is 218 Å². The van der Waals surface area contributed by atoms with Crippen LogP contribution in [0.4, 0.5) is 0 Å². The molecule has 4 nitrogen and oxygen atoms in total. The van der Waals surface area contributed by atoms with Gasteiger partial charge in [-0.05, 0) is 54.7 Å².